The largest absolute Gasteiger partial charge is 0.497 e. The molecule has 0 aliphatic carbocycles. The van der Waals surface area contributed by atoms with Crippen LogP contribution >= 0.6 is 0 Å². The lowest BCUT2D eigenvalue weighted by Gasteiger charge is -2.36. The van der Waals surface area contributed by atoms with Crippen molar-refractivity contribution in [1.82, 2.24) is 4.90 Å². The highest BCUT2D eigenvalue weighted by molar-refractivity contribution is 5.92. The van der Waals surface area contributed by atoms with Crippen LogP contribution in [-0.2, 0) is 4.79 Å². The maximum atomic E-state index is 12.3. The molecule has 1 saturated heterocycles. The highest BCUT2D eigenvalue weighted by Gasteiger charge is 2.27. The zero-order valence-corrected chi connectivity index (χ0v) is 12.7. The van der Waals surface area contributed by atoms with Crippen LogP contribution in [0.3, 0.4) is 0 Å². The van der Waals surface area contributed by atoms with Gasteiger partial charge < -0.3 is 14.7 Å². The lowest BCUT2D eigenvalue weighted by atomic mass is 9.94. The second-order valence-corrected chi connectivity index (χ2v) is 5.58. The van der Waals surface area contributed by atoms with Gasteiger partial charge in [0.2, 0.25) is 5.91 Å². The molecule has 114 valence electrons. The average Bonchev–Trinajstić information content (AvgIpc) is 2.53. The first-order valence-corrected chi connectivity index (χ1v) is 7.37. The third-order valence-electron chi connectivity index (χ3n) is 4.03. The first-order chi connectivity index (χ1) is 10.1. The molecule has 2 rings (SSSR count). The summed E-state index contributed by atoms with van der Waals surface area (Å²) in [4.78, 5) is 14.2. The van der Waals surface area contributed by atoms with E-state index in [1.54, 1.807) is 19.3 Å². The number of likely N-dealkylation sites (tertiary alicyclic amines) is 1. The van der Waals surface area contributed by atoms with Crippen LogP contribution in [0.25, 0.3) is 6.08 Å². The van der Waals surface area contributed by atoms with Gasteiger partial charge in [0.1, 0.15) is 5.75 Å². The number of aliphatic hydroxyl groups is 1. The number of methoxy groups -OCH3 is 1. The van der Waals surface area contributed by atoms with Crippen LogP contribution in [0.15, 0.2) is 30.3 Å². The predicted octanol–water partition coefficient (Wildman–Crippen LogP) is 2.33. The number of nitrogens with zero attached hydrogens (tertiary/aromatic N) is 1. The van der Waals surface area contributed by atoms with Gasteiger partial charge >= 0.3 is 0 Å². The lowest BCUT2D eigenvalue weighted by Crippen LogP contribution is -2.45. The normalized spacial score (nSPS) is 22.5. The number of carbonyl (C=O) groups is 1. The van der Waals surface area contributed by atoms with E-state index in [9.17, 15) is 9.90 Å². The SMILES string of the molecule is COc1cccc(/C=C/C(=O)N2CC(CO)CCC2C)c1. The van der Waals surface area contributed by atoms with Gasteiger partial charge in [-0.3, -0.25) is 4.79 Å². The molecule has 0 radical (unpaired) electrons. The molecule has 0 spiro atoms. The van der Waals surface area contributed by atoms with Gasteiger partial charge in [0, 0.05) is 25.3 Å². The van der Waals surface area contributed by atoms with Gasteiger partial charge in [-0.05, 0) is 49.5 Å². The maximum Gasteiger partial charge on any atom is 0.246 e. The molecular weight excluding hydrogens is 266 g/mol. The third kappa shape index (κ3) is 4.08. The number of benzene rings is 1. The van der Waals surface area contributed by atoms with Crippen molar-refractivity contribution < 1.29 is 14.6 Å². The van der Waals surface area contributed by atoms with Crippen molar-refractivity contribution in [3.63, 3.8) is 0 Å². The fraction of sp³-hybridized carbons (Fsp3) is 0.471. The van der Waals surface area contributed by atoms with Gasteiger partial charge in [-0.25, -0.2) is 0 Å². The monoisotopic (exact) mass is 289 g/mol. The first-order valence-electron chi connectivity index (χ1n) is 7.37. The van der Waals surface area contributed by atoms with Crippen molar-refractivity contribution in [3.05, 3.63) is 35.9 Å². The minimum atomic E-state index is 0.00321. The molecule has 1 aromatic carbocycles. The minimum Gasteiger partial charge on any atom is -0.497 e. The summed E-state index contributed by atoms with van der Waals surface area (Å²) in [6.07, 6.45) is 5.34. The van der Waals surface area contributed by atoms with Gasteiger partial charge in [-0.15, -0.1) is 0 Å². The summed E-state index contributed by atoms with van der Waals surface area (Å²) in [5, 5.41) is 9.27. The third-order valence-corrected chi connectivity index (χ3v) is 4.03. The molecule has 1 N–H and O–H groups in total. The molecule has 1 heterocycles. The van der Waals surface area contributed by atoms with Crippen molar-refractivity contribution in [1.29, 1.82) is 0 Å². The van der Waals surface area contributed by atoms with Crippen LogP contribution in [0.1, 0.15) is 25.3 Å². The molecule has 0 aromatic heterocycles. The Hall–Kier alpha value is -1.81. The summed E-state index contributed by atoms with van der Waals surface area (Å²) < 4.78 is 5.17. The molecular formula is C17H23NO3. The van der Waals surface area contributed by atoms with E-state index in [0.29, 0.717) is 6.54 Å². The Kier molecular flexibility index (Phi) is 5.39. The van der Waals surface area contributed by atoms with Crippen molar-refractivity contribution in [2.24, 2.45) is 5.92 Å². The topological polar surface area (TPSA) is 49.8 Å². The van der Waals surface area contributed by atoms with Crippen LogP contribution < -0.4 is 4.74 Å². The zero-order valence-electron chi connectivity index (χ0n) is 12.7. The summed E-state index contributed by atoms with van der Waals surface area (Å²) in [5.74, 6) is 0.982. The number of ether oxygens (including phenoxy) is 1. The number of carbonyl (C=O) groups excluding carboxylic acids is 1. The van der Waals surface area contributed by atoms with Gasteiger partial charge in [-0.2, -0.15) is 0 Å². The predicted molar refractivity (Wildman–Crippen MR) is 83.0 cm³/mol. The molecule has 4 heteroatoms. The zero-order chi connectivity index (χ0) is 15.2. The molecule has 0 bridgehead atoms. The minimum absolute atomic E-state index is 0.00321. The van der Waals surface area contributed by atoms with E-state index in [-0.39, 0.29) is 24.5 Å². The summed E-state index contributed by atoms with van der Waals surface area (Å²) in [6, 6.07) is 7.82. The van der Waals surface area contributed by atoms with Crippen LogP contribution in [-0.4, -0.2) is 42.2 Å². The number of piperidine rings is 1. The Morgan fingerprint density at radius 2 is 2.29 bits per heavy atom. The number of aliphatic hydroxyl groups excluding tert-OH is 1. The summed E-state index contributed by atoms with van der Waals surface area (Å²) in [7, 11) is 1.62. The second-order valence-electron chi connectivity index (χ2n) is 5.58. The molecule has 1 aliphatic rings. The van der Waals surface area contributed by atoms with E-state index in [1.807, 2.05) is 29.2 Å². The molecule has 1 aliphatic heterocycles. The summed E-state index contributed by atoms with van der Waals surface area (Å²) in [5.41, 5.74) is 0.936. The Bertz CT molecular complexity index is 513. The quantitative estimate of drug-likeness (QED) is 0.866. The van der Waals surface area contributed by atoms with E-state index in [4.69, 9.17) is 4.74 Å². The molecule has 0 saturated carbocycles. The number of amides is 1. The standard InChI is InChI=1S/C17H23NO3/c1-13-6-7-15(12-19)11-18(13)17(20)9-8-14-4-3-5-16(10-14)21-2/h3-5,8-10,13,15,19H,6-7,11-12H2,1-2H3/b9-8+. The summed E-state index contributed by atoms with van der Waals surface area (Å²) in [6.45, 7) is 2.85. The van der Waals surface area contributed by atoms with E-state index in [1.165, 1.54) is 0 Å². The van der Waals surface area contributed by atoms with Gasteiger partial charge in [-0.1, -0.05) is 12.1 Å². The van der Waals surface area contributed by atoms with Crippen LogP contribution in [0.2, 0.25) is 0 Å². The molecule has 2 unspecified atom stereocenters. The molecule has 1 aromatic rings. The van der Waals surface area contributed by atoms with E-state index in [0.717, 1.165) is 24.2 Å². The van der Waals surface area contributed by atoms with Gasteiger partial charge in [0.15, 0.2) is 0 Å². The fourth-order valence-corrected chi connectivity index (χ4v) is 2.65. The van der Waals surface area contributed by atoms with Crippen LogP contribution in [0.4, 0.5) is 0 Å². The highest BCUT2D eigenvalue weighted by Crippen LogP contribution is 2.22. The van der Waals surface area contributed by atoms with Gasteiger partial charge in [0.05, 0.1) is 7.11 Å². The number of hydrogen-bond acceptors (Lipinski definition) is 3. The Morgan fingerprint density at radius 3 is 3.00 bits per heavy atom. The summed E-state index contributed by atoms with van der Waals surface area (Å²) >= 11 is 0. The molecule has 1 amide bonds. The Balaban J connectivity index is 2.03. The fourth-order valence-electron chi connectivity index (χ4n) is 2.65. The first kappa shape index (κ1) is 15.6. The van der Waals surface area contributed by atoms with Gasteiger partial charge in [0.25, 0.3) is 0 Å². The van der Waals surface area contributed by atoms with Crippen molar-refractivity contribution in [2.75, 3.05) is 20.3 Å². The van der Waals surface area contributed by atoms with Crippen molar-refractivity contribution >= 4 is 12.0 Å². The maximum absolute atomic E-state index is 12.3. The van der Waals surface area contributed by atoms with E-state index < -0.39 is 0 Å². The average molecular weight is 289 g/mol. The van der Waals surface area contributed by atoms with E-state index >= 15 is 0 Å². The molecule has 21 heavy (non-hydrogen) atoms. The number of hydrogen-bond donors (Lipinski definition) is 1. The lowest BCUT2D eigenvalue weighted by molar-refractivity contribution is -0.130. The van der Waals surface area contributed by atoms with Crippen LogP contribution in [0, 0.1) is 5.92 Å². The highest BCUT2D eigenvalue weighted by atomic mass is 16.5. The number of rotatable bonds is 4. The molecule has 2 atom stereocenters. The van der Waals surface area contributed by atoms with Crippen molar-refractivity contribution in [3.8, 4) is 5.75 Å². The molecule has 4 nitrogen and oxygen atoms in total. The Morgan fingerprint density at radius 1 is 1.48 bits per heavy atom. The smallest absolute Gasteiger partial charge is 0.246 e. The second kappa shape index (κ2) is 7.27. The van der Waals surface area contributed by atoms with E-state index in [2.05, 4.69) is 6.92 Å². The van der Waals surface area contributed by atoms with Crippen molar-refractivity contribution in [2.45, 2.75) is 25.8 Å². The Labute approximate surface area is 126 Å². The molecule has 1 fully saturated rings. The van der Waals surface area contributed by atoms with Crippen LogP contribution in [0.5, 0.6) is 5.75 Å².